The molecule has 0 radical (unpaired) electrons. The molecule has 2 aliphatic heterocycles. The third-order valence-electron chi connectivity index (χ3n) is 5.32. The van der Waals surface area contributed by atoms with E-state index in [0.717, 1.165) is 49.4 Å². The number of nitrogens with one attached hydrogen (secondary N) is 1. The molecule has 0 atom stereocenters. The molecule has 1 N–H and O–H groups in total. The number of rotatable bonds is 5. The van der Waals surface area contributed by atoms with E-state index >= 15 is 0 Å². The molecule has 150 valence electrons. The molecule has 2 aromatic rings. The fourth-order valence-corrected chi connectivity index (χ4v) is 5.27. The molecule has 0 amide bonds. The summed E-state index contributed by atoms with van der Waals surface area (Å²) in [6.45, 7) is 6.65. The van der Waals surface area contributed by atoms with E-state index in [2.05, 4.69) is 43.8 Å². The van der Waals surface area contributed by atoms with Gasteiger partial charge in [0.15, 0.2) is 0 Å². The molecule has 2 saturated heterocycles. The number of nitrogens with zero attached hydrogens (tertiary/aromatic N) is 3. The summed E-state index contributed by atoms with van der Waals surface area (Å²) in [5.74, 6) is 0. The number of halogens is 3. The number of aromatic nitrogens is 1. The molecule has 0 aliphatic carbocycles. The Kier molecular flexibility index (Phi) is 5.05. The summed E-state index contributed by atoms with van der Waals surface area (Å²) in [5, 5.41) is 3.16. The lowest BCUT2D eigenvalue weighted by atomic mass is 9.74. The van der Waals surface area contributed by atoms with Gasteiger partial charge in [0.05, 0.1) is 5.69 Å². The fraction of sp³-hybridized carbons (Fsp3) is 0.450. The predicted molar refractivity (Wildman–Crippen MR) is 105 cm³/mol. The molecule has 1 aromatic carbocycles. The van der Waals surface area contributed by atoms with Crippen LogP contribution in [0.15, 0.2) is 41.3 Å². The van der Waals surface area contributed by atoms with Gasteiger partial charge in [-0.05, 0) is 48.7 Å². The van der Waals surface area contributed by atoms with E-state index in [0.29, 0.717) is 11.1 Å². The predicted octanol–water partition coefficient (Wildman–Crippen LogP) is 4.28. The van der Waals surface area contributed by atoms with Crippen molar-refractivity contribution in [2.75, 3.05) is 38.5 Å². The van der Waals surface area contributed by atoms with E-state index in [-0.39, 0.29) is 0 Å². The number of pyridine rings is 1. The van der Waals surface area contributed by atoms with Gasteiger partial charge in [-0.25, -0.2) is 9.29 Å². The lowest BCUT2D eigenvalue weighted by molar-refractivity contribution is -0.141. The smallest absolute Gasteiger partial charge is 0.388 e. The van der Waals surface area contributed by atoms with Crippen LogP contribution >= 0.6 is 11.9 Å². The van der Waals surface area contributed by atoms with Gasteiger partial charge in [-0.15, -0.1) is 0 Å². The zero-order chi connectivity index (χ0) is 19.9. The summed E-state index contributed by atoms with van der Waals surface area (Å²) in [7, 11) is 1.92. The first-order valence-electron chi connectivity index (χ1n) is 9.23. The maximum atomic E-state index is 12.7. The van der Waals surface area contributed by atoms with Gasteiger partial charge in [-0.2, -0.15) is 13.2 Å². The third kappa shape index (κ3) is 3.99. The first-order chi connectivity index (χ1) is 13.3. The van der Waals surface area contributed by atoms with Crippen molar-refractivity contribution in [3.8, 4) is 0 Å². The van der Waals surface area contributed by atoms with E-state index in [9.17, 15) is 13.2 Å². The molecule has 28 heavy (non-hydrogen) atoms. The minimum atomic E-state index is -4.39. The van der Waals surface area contributed by atoms with E-state index in [1.807, 2.05) is 7.05 Å². The summed E-state index contributed by atoms with van der Waals surface area (Å²) >= 11 is 1.51. The van der Waals surface area contributed by atoms with Crippen LogP contribution in [0.2, 0.25) is 0 Å². The first-order valence-corrected chi connectivity index (χ1v) is 10.0. The molecule has 4 nitrogen and oxygen atoms in total. The van der Waals surface area contributed by atoms with Gasteiger partial charge in [-0.1, -0.05) is 12.1 Å². The van der Waals surface area contributed by atoms with E-state index in [1.54, 1.807) is 6.92 Å². The zero-order valence-electron chi connectivity index (χ0n) is 15.9. The molecule has 2 fully saturated rings. The van der Waals surface area contributed by atoms with Crippen molar-refractivity contribution in [2.45, 2.75) is 24.5 Å². The number of benzene rings is 1. The Hall–Kier alpha value is -1.77. The zero-order valence-corrected chi connectivity index (χ0v) is 16.7. The molecule has 0 bridgehead atoms. The normalized spacial score (nSPS) is 19.3. The number of alkyl halides is 3. The van der Waals surface area contributed by atoms with Gasteiger partial charge in [-0.3, -0.25) is 4.90 Å². The minimum Gasteiger partial charge on any atom is -0.388 e. The second-order valence-electron chi connectivity index (χ2n) is 7.76. The SMILES string of the molecule is CNc1cccc(CN2CC3(C2)CN(Sc2ccc(C(F)(F)F)nc2C)C3)c1. The Labute approximate surface area is 167 Å². The Morgan fingerprint density at radius 2 is 1.89 bits per heavy atom. The number of anilines is 1. The number of hydrogen-bond donors (Lipinski definition) is 1. The summed E-state index contributed by atoms with van der Waals surface area (Å²) < 4.78 is 40.4. The molecule has 0 unspecified atom stereocenters. The van der Waals surface area contributed by atoms with Crippen LogP contribution in [-0.4, -0.2) is 47.4 Å². The summed E-state index contributed by atoms with van der Waals surface area (Å²) in [6.07, 6.45) is -4.39. The van der Waals surface area contributed by atoms with Gasteiger partial charge in [0.25, 0.3) is 0 Å². The van der Waals surface area contributed by atoms with Crippen LogP contribution in [0.1, 0.15) is 17.0 Å². The van der Waals surface area contributed by atoms with Crippen molar-refractivity contribution in [3.05, 3.63) is 53.3 Å². The average Bonchev–Trinajstić information content (AvgIpc) is 2.58. The van der Waals surface area contributed by atoms with Crippen LogP contribution in [0.4, 0.5) is 18.9 Å². The van der Waals surface area contributed by atoms with Gasteiger partial charge in [0.1, 0.15) is 5.69 Å². The van der Waals surface area contributed by atoms with Crippen LogP contribution in [0.3, 0.4) is 0 Å². The van der Waals surface area contributed by atoms with Crippen molar-refractivity contribution in [3.63, 3.8) is 0 Å². The lowest BCUT2D eigenvalue weighted by Crippen LogP contribution is -2.70. The highest BCUT2D eigenvalue weighted by molar-refractivity contribution is 7.97. The van der Waals surface area contributed by atoms with Crippen molar-refractivity contribution in [1.29, 1.82) is 0 Å². The van der Waals surface area contributed by atoms with Crippen LogP contribution < -0.4 is 5.32 Å². The molecule has 0 saturated carbocycles. The van der Waals surface area contributed by atoms with Crippen molar-refractivity contribution < 1.29 is 13.2 Å². The highest BCUT2D eigenvalue weighted by Crippen LogP contribution is 2.45. The molecule has 1 spiro atoms. The molecule has 8 heteroatoms. The Morgan fingerprint density at radius 1 is 1.14 bits per heavy atom. The highest BCUT2D eigenvalue weighted by atomic mass is 32.2. The lowest BCUT2D eigenvalue weighted by Gasteiger charge is -2.60. The summed E-state index contributed by atoms with van der Waals surface area (Å²) in [5.41, 5.74) is 2.37. The molecule has 3 heterocycles. The number of likely N-dealkylation sites (tertiary alicyclic amines) is 1. The highest BCUT2D eigenvalue weighted by Gasteiger charge is 2.51. The third-order valence-corrected chi connectivity index (χ3v) is 6.46. The molecular formula is C20H23F3N4S. The standard InChI is InChI=1S/C20H23F3N4S/c1-14-17(6-7-18(25-14)20(21,22)23)28-27-12-19(13-27)10-26(11-19)9-15-4-3-5-16(8-15)24-2/h3-8,24H,9-13H2,1-2H3. The number of hydrogen-bond acceptors (Lipinski definition) is 5. The van der Waals surface area contributed by atoms with Crippen LogP contribution in [0.5, 0.6) is 0 Å². The Bertz CT molecular complexity index is 857. The Balaban J connectivity index is 1.27. The topological polar surface area (TPSA) is 31.4 Å². The van der Waals surface area contributed by atoms with Crippen molar-refractivity contribution in [2.24, 2.45) is 5.41 Å². The molecule has 2 aliphatic rings. The second-order valence-corrected chi connectivity index (χ2v) is 8.90. The Morgan fingerprint density at radius 3 is 2.54 bits per heavy atom. The van der Waals surface area contributed by atoms with Crippen LogP contribution in [-0.2, 0) is 12.7 Å². The number of aryl methyl sites for hydroxylation is 1. The van der Waals surface area contributed by atoms with Crippen molar-refractivity contribution in [1.82, 2.24) is 14.2 Å². The quantitative estimate of drug-likeness (QED) is 0.747. The van der Waals surface area contributed by atoms with Gasteiger partial charge in [0, 0.05) is 55.8 Å². The summed E-state index contributed by atoms with van der Waals surface area (Å²) in [4.78, 5) is 6.95. The largest absolute Gasteiger partial charge is 0.433 e. The van der Waals surface area contributed by atoms with Crippen LogP contribution in [0.25, 0.3) is 0 Å². The summed E-state index contributed by atoms with van der Waals surface area (Å²) in [6, 6.07) is 11.0. The monoisotopic (exact) mass is 408 g/mol. The molecule has 1 aromatic heterocycles. The van der Waals surface area contributed by atoms with Crippen molar-refractivity contribution >= 4 is 17.6 Å². The van der Waals surface area contributed by atoms with E-state index in [1.165, 1.54) is 23.6 Å². The van der Waals surface area contributed by atoms with E-state index in [4.69, 9.17) is 0 Å². The maximum Gasteiger partial charge on any atom is 0.433 e. The maximum absolute atomic E-state index is 12.7. The fourth-order valence-electron chi connectivity index (χ4n) is 4.01. The van der Waals surface area contributed by atoms with Gasteiger partial charge in [0.2, 0.25) is 0 Å². The second kappa shape index (κ2) is 7.24. The van der Waals surface area contributed by atoms with Gasteiger partial charge >= 0.3 is 6.18 Å². The average molecular weight is 408 g/mol. The minimum absolute atomic E-state index is 0.334. The van der Waals surface area contributed by atoms with E-state index < -0.39 is 11.9 Å². The molecule has 4 rings (SSSR count). The first kappa shape index (κ1) is 19.5. The van der Waals surface area contributed by atoms with Crippen LogP contribution in [0, 0.1) is 12.3 Å². The van der Waals surface area contributed by atoms with Gasteiger partial charge < -0.3 is 5.32 Å². The molecular weight excluding hydrogens is 385 g/mol.